The Morgan fingerprint density at radius 3 is 2.95 bits per heavy atom. The van der Waals surface area contributed by atoms with Gasteiger partial charge in [0, 0.05) is 29.0 Å². The van der Waals surface area contributed by atoms with Gasteiger partial charge in [-0.3, -0.25) is 4.79 Å². The van der Waals surface area contributed by atoms with Crippen molar-refractivity contribution >= 4 is 34.3 Å². The topological polar surface area (TPSA) is 62.1 Å². The number of carbonyl (C=O) groups excluding carboxylic acids is 1. The number of carbonyl (C=O) groups is 1. The fourth-order valence-corrected chi connectivity index (χ4v) is 3.77. The molecule has 1 aliphatic rings. The average Bonchev–Trinajstić information content (AvgIpc) is 2.82. The third-order valence-electron chi connectivity index (χ3n) is 3.63. The van der Waals surface area contributed by atoms with E-state index in [1.165, 1.54) is 0 Å². The van der Waals surface area contributed by atoms with Crippen molar-refractivity contribution in [3.8, 4) is 0 Å². The number of rotatable bonds is 1. The van der Waals surface area contributed by atoms with Crippen molar-refractivity contribution in [2.45, 2.75) is 18.6 Å². The molecule has 5 heteroatoms. The third-order valence-corrected chi connectivity index (χ3v) is 4.93. The Kier molecular flexibility index (Phi) is 3.17. The highest BCUT2D eigenvalue weighted by Gasteiger charge is 2.30. The van der Waals surface area contributed by atoms with Crippen LogP contribution in [-0.2, 0) is 0 Å². The van der Waals surface area contributed by atoms with Crippen molar-refractivity contribution in [2.24, 2.45) is 0 Å². The van der Waals surface area contributed by atoms with Gasteiger partial charge in [0.2, 0.25) is 0 Å². The van der Waals surface area contributed by atoms with E-state index in [9.17, 15) is 4.79 Å². The van der Waals surface area contributed by atoms with Gasteiger partial charge in [0.15, 0.2) is 0 Å². The lowest BCUT2D eigenvalue weighted by Gasteiger charge is -2.37. The van der Waals surface area contributed by atoms with E-state index in [-0.39, 0.29) is 10.7 Å². The van der Waals surface area contributed by atoms with Crippen molar-refractivity contribution in [3.63, 3.8) is 0 Å². The number of hydrogen-bond acceptors (Lipinski definition) is 3. The third kappa shape index (κ3) is 2.38. The second kappa shape index (κ2) is 4.74. The van der Waals surface area contributed by atoms with Gasteiger partial charge in [-0.2, -0.15) is 11.8 Å². The van der Waals surface area contributed by atoms with Crippen LogP contribution in [0.3, 0.4) is 0 Å². The SMILES string of the molecule is CC1(C)CN(C(=O)c2cc3cccc(N)c3[nH]2)CCS1. The maximum Gasteiger partial charge on any atom is 0.270 e. The summed E-state index contributed by atoms with van der Waals surface area (Å²) < 4.78 is 0.124. The average molecular weight is 289 g/mol. The summed E-state index contributed by atoms with van der Waals surface area (Å²) in [5, 5.41) is 0.985. The molecular weight excluding hydrogens is 270 g/mol. The Hall–Kier alpha value is -1.62. The Balaban J connectivity index is 1.91. The van der Waals surface area contributed by atoms with Crippen LogP contribution in [0.5, 0.6) is 0 Å². The summed E-state index contributed by atoms with van der Waals surface area (Å²) in [7, 11) is 0. The molecule has 106 valence electrons. The van der Waals surface area contributed by atoms with Crippen molar-refractivity contribution in [2.75, 3.05) is 24.6 Å². The molecule has 2 aromatic rings. The fourth-order valence-electron chi connectivity index (χ4n) is 2.66. The lowest BCUT2D eigenvalue weighted by Crippen LogP contribution is -2.46. The number of benzene rings is 1. The Morgan fingerprint density at radius 2 is 2.25 bits per heavy atom. The summed E-state index contributed by atoms with van der Waals surface area (Å²) in [6.45, 7) is 5.94. The van der Waals surface area contributed by atoms with Crippen LogP contribution in [0.2, 0.25) is 0 Å². The van der Waals surface area contributed by atoms with E-state index in [4.69, 9.17) is 5.73 Å². The molecule has 0 saturated carbocycles. The number of aromatic nitrogens is 1. The first-order valence-corrected chi connectivity index (χ1v) is 7.75. The number of thioether (sulfide) groups is 1. The minimum absolute atomic E-state index is 0.0639. The molecule has 1 fully saturated rings. The first-order valence-electron chi connectivity index (χ1n) is 6.77. The highest BCUT2D eigenvalue weighted by molar-refractivity contribution is 8.00. The summed E-state index contributed by atoms with van der Waals surface area (Å²) in [4.78, 5) is 17.7. The van der Waals surface area contributed by atoms with Gasteiger partial charge in [0.05, 0.1) is 11.2 Å². The predicted octanol–water partition coefficient (Wildman–Crippen LogP) is 2.72. The quantitative estimate of drug-likeness (QED) is 0.793. The van der Waals surface area contributed by atoms with Crippen LogP contribution in [0.25, 0.3) is 10.9 Å². The monoisotopic (exact) mass is 289 g/mol. The first kappa shape index (κ1) is 13.4. The zero-order valence-electron chi connectivity index (χ0n) is 11.8. The van der Waals surface area contributed by atoms with Crippen molar-refractivity contribution in [1.82, 2.24) is 9.88 Å². The fraction of sp³-hybridized carbons (Fsp3) is 0.400. The molecule has 4 nitrogen and oxygen atoms in total. The molecule has 0 unspecified atom stereocenters. The minimum Gasteiger partial charge on any atom is -0.397 e. The van der Waals surface area contributed by atoms with Crippen LogP contribution < -0.4 is 5.73 Å². The molecular formula is C15H19N3OS. The van der Waals surface area contributed by atoms with Gasteiger partial charge in [0.25, 0.3) is 5.91 Å². The number of hydrogen-bond donors (Lipinski definition) is 2. The molecule has 1 saturated heterocycles. The van der Waals surface area contributed by atoms with Crippen molar-refractivity contribution < 1.29 is 4.79 Å². The van der Waals surface area contributed by atoms with Gasteiger partial charge in [-0.05, 0) is 26.0 Å². The maximum absolute atomic E-state index is 12.6. The number of amides is 1. The van der Waals surface area contributed by atoms with Gasteiger partial charge in [-0.1, -0.05) is 12.1 Å². The molecule has 1 aromatic carbocycles. The van der Waals surface area contributed by atoms with Gasteiger partial charge in [0.1, 0.15) is 5.69 Å². The Morgan fingerprint density at radius 1 is 1.45 bits per heavy atom. The van der Waals surface area contributed by atoms with E-state index in [2.05, 4.69) is 18.8 Å². The van der Waals surface area contributed by atoms with Crippen LogP contribution in [0.15, 0.2) is 24.3 Å². The lowest BCUT2D eigenvalue weighted by atomic mass is 10.1. The number of fused-ring (bicyclic) bond motifs is 1. The lowest BCUT2D eigenvalue weighted by molar-refractivity contribution is 0.0743. The number of nitrogens with one attached hydrogen (secondary N) is 1. The summed E-state index contributed by atoms with van der Waals surface area (Å²) in [5.41, 5.74) is 8.08. The molecule has 1 aromatic heterocycles. The first-order chi connectivity index (χ1) is 9.46. The summed E-state index contributed by atoms with van der Waals surface area (Å²) in [6.07, 6.45) is 0. The van der Waals surface area contributed by atoms with Gasteiger partial charge >= 0.3 is 0 Å². The highest BCUT2D eigenvalue weighted by atomic mass is 32.2. The van der Waals surface area contributed by atoms with Crippen molar-refractivity contribution in [1.29, 1.82) is 0 Å². The Labute approximate surface area is 122 Å². The molecule has 0 bridgehead atoms. The summed E-state index contributed by atoms with van der Waals surface area (Å²) in [6, 6.07) is 7.60. The van der Waals surface area contributed by atoms with Crippen LogP contribution in [0, 0.1) is 0 Å². The van der Waals surface area contributed by atoms with E-state index < -0.39 is 0 Å². The molecule has 0 radical (unpaired) electrons. The molecule has 0 spiro atoms. The van der Waals surface area contributed by atoms with Crippen LogP contribution in [0.1, 0.15) is 24.3 Å². The normalized spacial score (nSPS) is 18.4. The standard InChI is InChI=1S/C15H19N3OS/c1-15(2)9-18(6-7-20-15)14(19)12-8-10-4-3-5-11(16)13(10)17-12/h3-5,8,17H,6-7,9,16H2,1-2H3. The summed E-state index contributed by atoms with van der Waals surface area (Å²) >= 11 is 1.92. The van der Waals surface area contributed by atoms with Gasteiger partial charge in [-0.15, -0.1) is 0 Å². The van der Waals surface area contributed by atoms with E-state index >= 15 is 0 Å². The molecule has 20 heavy (non-hydrogen) atoms. The van der Waals surface area contributed by atoms with E-state index in [1.807, 2.05) is 40.9 Å². The molecule has 1 aliphatic heterocycles. The zero-order valence-corrected chi connectivity index (χ0v) is 12.6. The largest absolute Gasteiger partial charge is 0.397 e. The number of H-pyrrole nitrogens is 1. The molecule has 0 aliphatic carbocycles. The molecule has 0 atom stereocenters. The summed E-state index contributed by atoms with van der Waals surface area (Å²) in [5.74, 6) is 1.05. The smallest absolute Gasteiger partial charge is 0.270 e. The number of para-hydroxylation sites is 1. The van der Waals surface area contributed by atoms with Crippen LogP contribution in [-0.4, -0.2) is 39.4 Å². The van der Waals surface area contributed by atoms with Crippen LogP contribution >= 0.6 is 11.8 Å². The molecule has 3 rings (SSSR count). The molecule has 2 heterocycles. The second-order valence-electron chi connectivity index (χ2n) is 5.83. The van der Waals surface area contributed by atoms with E-state index in [0.29, 0.717) is 11.4 Å². The number of anilines is 1. The number of aromatic amines is 1. The van der Waals surface area contributed by atoms with Gasteiger partial charge < -0.3 is 15.6 Å². The highest BCUT2D eigenvalue weighted by Crippen LogP contribution is 2.30. The minimum atomic E-state index is 0.0639. The molecule has 1 amide bonds. The van der Waals surface area contributed by atoms with E-state index in [0.717, 1.165) is 29.7 Å². The molecule has 3 N–H and O–H groups in total. The van der Waals surface area contributed by atoms with Crippen LogP contribution in [0.4, 0.5) is 5.69 Å². The Bertz CT molecular complexity index is 662. The second-order valence-corrected chi connectivity index (χ2v) is 7.63. The van der Waals surface area contributed by atoms with Crippen molar-refractivity contribution in [3.05, 3.63) is 30.0 Å². The maximum atomic E-state index is 12.6. The van der Waals surface area contributed by atoms with Gasteiger partial charge in [-0.25, -0.2) is 0 Å². The zero-order chi connectivity index (χ0) is 14.3. The predicted molar refractivity (Wildman–Crippen MR) is 85.2 cm³/mol. The number of nitrogen functional groups attached to an aromatic ring is 1. The number of nitrogens with two attached hydrogens (primary N) is 1. The van der Waals surface area contributed by atoms with E-state index in [1.54, 1.807) is 0 Å². The number of nitrogens with zero attached hydrogens (tertiary/aromatic N) is 1.